The van der Waals surface area contributed by atoms with Gasteiger partial charge in [0.2, 0.25) is 0 Å². The maximum Gasteiger partial charge on any atom is 0.191 e. The molecule has 0 aliphatic carbocycles. The highest BCUT2D eigenvalue weighted by Crippen LogP contribution is 2.26. The first-order chi connectivity index (χ1) is 14.3. The Balaban J connectivity index is 1.35. The highest BCUT2D eigenvalue weighted by molar-refractivity contribution is 5.79. The Kier molecular flexibility index (Phi) is 6.90. The molecule has 2 unspecified atom stereocenters. The molecule has 2 atom stereocenters. The summed E-state index contributed by atoms with van der Waals surface area (Å²) in [6.45, 7) is 6.01. The van der Waals surface area contributed by atoms with Gasteiger partial charge in [0.1, 0.15) is 11.5 Å². The lowest BCUT2D eigenvalue weighted by Crippen LogP contribution is -2.45. The number of nitrogens with zero attached hydrogens (tertiary/aromatic N) is 3. The molecule has 2 N–H and O–H groups in total. The zero-order valence-electron chi connectivity index (χ0n) is 17.3. The van der Waals surface area contributed by atoms with Crippen molar-refractivity contribution in [1.82, 2.24) is 20.4 Å². The van der Waals surface area contributed by atoms with Gasteiger partial charge in [-0.1, -0.05) is 0 Å². The van der Waals surface area contributed by atoms with Crippen molar-refractivity contribution in [3.8, 4) is 0 Å². The van der Waals surface area contributed by atoms with Crippen molar-refractivity contribution in [2.75, 3.05) is 46.3 Å². The Morgan fingerprint density at radius 2 is 1.31 bits per heavy atom. The molecule has 0 spiro atoms. The monoisotopic (exact) mass is 399 g/mol. The lowest BCUT2D eigenvalue weighted by atomic mass is 10.2. The van der Waals surface area contributed by atoms with E-state index in [0.29, 0.717) is 0 Å². The van der Waals surface area contributed by atoms with E-state index < -0.39 is 0 Å². The van der Waals surface area contributed by atoms with Crippen LogP contribution in [0.1, 0.15) is 49.3 Å². The second-order valence-corrected chi connectivity index (χ2v) is 7.88. The minimum Gasteiger partial charge on any atom is -0.468 e. The first kappa shape index (κ1) is 20.0. The van der Waals surface area contributed by atoms with Gasteiger partial charge in [-0.25, -0.2) is 0 Å². The topological polar surface area (TPSA) is 69.2 Å². The zero-order valence-corrected chi connectivity index (χ0v) is 17.3. The van der Waals surface area contributed by atoms with Crippen LogP contribution in [0.4, 0.5) is 0 Å². The normalized spacial score (nSPS) is 19.9. The van der Waals surface area contributed by atoms with E-state index in [1.165, 1.54) is 25.7 Å². The standard InChI is InChI=1S/C22H33N5O2/c1-23-22(24-16-18(20-8-6-14-28-20)26-10-2-3-11-26)25-17-19(21-9-7-15-29-21)27-12-4-5-13-27/h6-9,14-15,18-19H,2-5,10-13,16-17H2,1H3,(H2,23,24,25). The Hall–Kier alpha value is -2.25. The lowest BCUT2D eigenvalue weighted by molar-refractivity contribution is 0.211. The number of nitrogens with one attached hydrogen (secondary N) is 2. The van der Waals surface area contributed by atoms with E-state index in [4.69, 9.17) is 8.83 Å². The molecule has 29 heavy (non-hydrogen) atoms. The van der Waals surface area contributed by atoms with Crippen LogP contribution in [0.3, 0.4) is 0 Å². The van der Waals surface area contributed by atoms with Crippen molar-refractivity contribution >= 4 is 5.96 Å². The molecule has 2 aliphatic rings. The Morgan fingerprint density at radius 3 is 1.66 bits per heavy atom. The average Bonchev–Trinajstić information content (AvgIpc) is 3.55. The predicted molar refractivity (Wildman–Crippen MR) is 114 cm³/mol. The number of hydrogen-bond acceptors (Lipinski definition) is 5. The molecule has 0 aromatic carbocycles. The minimum absolute atomic E-state index is 0.227. The van der Waals surface area contributed by atoms with Crippen molar-refractivity contribution in [3.63, 3.8) is 0 Å². The van der Waals surface area contributed by atoms with E-state index >= 15 is 0 Å². The molecule has 7 nitrogen and oxygen atoms in total. The Morgan fingerprint density at radius 1 is 0.862 bits per heavy atom. The van der Waals surface area contributed by atoms with Crippen LogP contribution in [0, 0.1) is 0 Å². The van der Waals surface area contributed by atoms with Gasteiger partial charge in [-0.15, -0.1) is 0 Å². The Bertz CT molecular complexity index is 671. The average molecular weight is 400 g/mol. The van der Waals surface area contributed by atoms with Crippen LogP contribution >= 0.6 is 0 Å². The highest BCUT2D eigenvalue weighted by atomic mass is 16.3. The molecule has 2 fully saturated rings. The summed E-state index contributed by atoms with van der Waals surface area (Å²) in [6, 6.07) is 8.53. The summed E-state index contributed by atoms with van der Waals surface area (Å²) in [4.78, 5) is 9.43. The third-order valence-corrected chi connectivity index (χ3v) is 6.06. The molecule has 2 aliphatic heterocycles. The number of furan rings is 2. The van der Waals surface area contributed by atoms with Gasteiger partial charge in [0.15, 0.2) is 5.96 Å². The van der Waals surface area contributed by atoms with Crippen LogP contribution in [-0.4, -0.2) is 62.1 Å². The molecule has 0 saturated carbocycles. The zero-order chi connectivity index (χ0) is 19.9. The number of guanidine groups is 1. The van der Waals surface area contributed by atoms with Crippen LogP contribution in [0.15, 0.2) is 50.6 Å². The van der Waals surface area contributed by atoms with Crippen LogP contribution in [0.5, 0.6) is 0 Å². The summed E-state index contributed by atoms with van der Waals surface area (Å²) in [7, 11) is 1.82. The third-order valence-electron chi connectivity index (χ3n) is 6.06. The molecule has 2 aromatic rings. The van der Waals surface area contributed by atoms with Gasteiger partial charge < -0.3 is 19.5 Å². The number of likely N-dealkylation sites (tertiary alicyclic amines) is 2. The quantitative estimate of drug-likeness (QED) is 0.525. The van der Waals surface area contributed by atoms with E-state index in [0.717, 1.165) is 56.7 Å². The minimum atomic E-state index is 0.227. The van der Waals surface area contributed by atoms with Gasteiger partial charge in [0, 0.05) is 20.1 Å². The fourth-order valence-corrected chi connectivity index (χ4v) is 4.49. The summed E-state index contributed by atoms with van der Waals surface area (Å²) in [5, 5.41) is 7.03. The van der Waals surface area contributed by atoms with E-state index in [1.807, 2.05) is 19.2 Å². The smallest absolute Gasteiger partial charge is 0.191 e. The molecular formula is C22H33N5O2. The molecular weight excluding hydrogens is 366 g/mol. The van der Waals surface area contributed by atoms with Gasteiger partial charge >= 0.3 is 0 Å². The van der Waals surface area contributed by atoms with Crippen molar-refractivity contribution in [1.29, 1.82) is 0 Å². The summed E-state index contributed by atoms with van der Waals surface area (Å²) < 4.78 is 11.5. The van der Waals surface area contributed by atoms with E-state index in [9.17, 15) is 0 Å². The predicted octanol–water partition coefficient (Wildman–Crippen LogP) is 3.01. The molecule has 2 saturated heterocycles. The molecule has 4 rings (SSSR count). The SMILES string of the molecule is CN=C(NCC(c1ccco1)N1CCCC1)NCC(c1ccco1)N1CCCC1. The van der Waals surface area contributed by atoms with Gasteiger partial charge in [-0.2, -0.15) is 0 Å². The largest absolute Gasteiger partial charge is 0.468 e. The first-order valence-electron chi connectivity index (χ1n) is 10.8. The van der Waals surface area contributed by atoms with Crippen LogP contribution < -0.4 is 10.6 Å². The maximum atomic E-state index is 5.73. The van der Waals surface area contributed by atoms with E-state index in [-0.39, 0.29) is 12.1 Å². The van der Waals surface area contributed by atoms with Gasteiger partial charge in [-0.3, -0.25) is 14.8 Å². The van der Waals surface area contributed by atoms with Gasteiger partial charge in [-0.05, 0) is 76.1 Å². The number of rotatable bonds is 8. The lowest BCUT2D eigenvalue weighted by Gasteiger charge is -2.28. The third kappa shape index (κ3) is 5.03. The molecule has 0 amide bonds. The summed E-state index contributed by atoms with van der Waals surface area (Å²) in [5.41, 5.74) is 0. The van der Waals surface area contributed by atoms with Gasteiger partial charge in [0.25, 0.3) is 0 Å². The molecule has 2 aromatic heterocycles. The van der Waals surface area contributed by atoms with Crippen molar-refractivity contribution in [2.24, 2.45) is 4.99 Å². The second-order valence-electron chi connectivity index (χ2n) is 7.88. The van der Waals surface area contributed by atoms with E-state index in [1.54, 1.807) is 12.5 Å². The van der Waals surface area contributed by atoms with Crippen LogP contribution in [0.2, 0.25) is 0 Å². The molecule has 0 radical (unpaired) electrons. The number of aliphatic imine (C=N–C) groups is 1. The van der Waals surface area contributed by atoms with Crippen molar-refractivity contribution < 1.29 is 8.83 Å². The summed E-state index contributed by atoms with van der Waals surface area (Å²) in [5.74, 6) is 2.84. The summed E-state index contributed by atoms with van der Waals surface area (Å²) >= 11 is 0. The second kappa shape index (κ2) is 9.98. The van der Waals surface area contributed by atoms with Crippen LogP contribution in [0.25, 0.3) is 0 Å². The summed E-state index contributed by atoms with van der Waals surface area (Å²) in [6.07, 6.45) is 8.54. The molecule has 0 bridgehead atoms. The van der Waals surface area contributed by atoms with Crippen molar-refractivity contribution in [3.05, 3.63) is 48.3 Å². The molecule has 7 heteroatoms. The fourth-order valence-electron chi connectivity index (χ4n) is 4.49. The number of hydrogen-bond donors (Lipinski definition) is 2. The maximum absolute atomic E-state index is 5.73. The van der Waals surface area contributed by atoms with Gasteiger partial charge in [0.05, 0.1) is 24.6 Å². The highest BCUT2D eigenvalue weighted by Gasteiger charge is 2.27. The van der Waals surface area contributed by atoms with E-state index in [2.05, 4.69) is 37.6 Å². The molecule has 4 heterocycles. The fraction of sp³-hybridized carbons (Fsp3) is 0.591. The first-order valence-corrected chi connectivity index (χ1v) is 10.8. The molecule has 158 valence electrons. The van der Waals surface area contributed by atoms with Crippen molar-refractivity contribution in [2.45, 2.75) is 37.8 Å². The van der Waals surface area contributed by atoms with Crippen LogP contribution in [-0.2, 0) is 0 Å². The Labute approximate surface area is 173 Å².